The van der Waals surface area contributed by atoms with E-state index in [4.69, 9.17) is 5.11 Å². The van der Waals surface area contributed by atoms with E-state index >= 15 is 0 Å². The lowest BCUT2D eigenvalue weighted by atomic mass is 9.98. The molecular weight excluding hydrogens is 188 g/mol. The molecule has 0 saturated heterocycles. The molecule has 0 aliphatic carbocycles. The number of hydrogen-bond donors (Lipinski definition) is 2. The Morgan fingerprint density at radius 2 is 2.00 bits per heavy atom. The first-order chi connectivity index (χ1) is 7.29. The highest BCUT2D eigenvalue weighted by molar-refractivity contribution is 5.67. The molecule has 0 bridgehead atoms. The fourth-order valence-electron chi connectivity index (χ4n) is 1.46. The number of aliphatic hydroxyl groups is 2. The van der Waals surface area contributed by atoms with E-state index < -0.39 is 6.10 Å². The van der Waals surface area contributed by atoms with Crippen LogP contribution in [-0.2, 0) is 0 Å². The topological polar surface area (TPSA) is 40.5 Å². The highest BCUT2D eigenvalue weighted by Crippen LogP contribution is 2.19. The second-order valence-corrected chi connectivity index (χ2v) is 3.34. The van der Waals surface area contributed by atoms with Gasteiger partial charge in [0.25, 0.3) is 0 Å². The van der Waals surface area contributed by atoms with Crippen molar-refractivity contribution >= 4 is 5.57 Å². The van der Waals surface area contributed by atoms with E-state index in [0.29, 0.717) is 18.4 Å². The van der Waals surface area contributed by atoms with Crippen LogP contribution in [0, 0.1) is 0 Å². The number of hydrogen-bond acceptors (Lipinski definition) is 2. The molecule has 2 N–H and O–H groups in total. The Morgan fingerprint density at radius 1 is 1.33 bits per heavy atom. The maximum Gasteiger partial charge on any atom is 0.0868 e. The fraction of sp³-hybridized carbons (Fsp3) is 0.308. The van der Waals surface area contributed by atoms with Crippen molar-refractivity contribution in [3.05, 3.63) is 48.2 Å². The molecule has 2 nitrogen and oxygen atoms in total. The van der Waals surface area contributed by atoms with Gasteiger partial charge < -0.3 is 10.2 Å². The van der Waals surface area contributed by atoms with Gasteiger partial charge in [-0.3, -0.25) is 0 Å². The minimum Gasteiger partial charge on any atom is -0.396 e. The lowest BCUT2D eigenvalue weighted by molar-refractivity contribution is 0.198. The summed E-state index contributed by atoms with van der Waals surface area (Å²) in [6.45, 7) is 3.68. The van der Waals surface area contributed by atoms with E-state index in [1.54, 1.807) is 0 Å². The quantitative estimate of drug-likeness (QED) is 0.720. The largest absolute Gasteiger partial charge is 0.396 e. The molecule has 1 unspecified atom stereocenters. The minimum absolute atomic E-state index is 0.0935. The molecule has 15 heavy (non-hydrogen) atoms. The van der Waals surface area contributed by atoms with Gasteiger partial charge in [0.15, 0.2) is 0 Å². The third-order valence-corrected chi connectivity index (χ3v) is 2.24. The molecule has 0 radical (unpaired) electrons. The highest BCUT2D eigenvalue weighted by atomic mass is 16.3. The summed E-state index contributed by atoms with van der Waals surface area (Å²) in [5, 5.41) is 18.5. The maximum absolute atomic E-state index is 9.84. The zero-order valence-corrected chi connectivity index (χ0v) is 8.69. The van der Waals surface area contributed by atoms with Crippen LogP contribution in [0.1, 0.15) is 18.4 Å². The summed E-state index contributed by atoms with van der Waals surface area (Å²) in [6, 6.07) is 9.56. The maximum atomic E-state index is 9.84. The molecule has 0 fully saturated rings. The van der Waals surface area contributed by atoms with Crippen molar-refractivity contribution in [1.82, 2.24) is 0 Å². The van der Waals surface area contributed by atoms with Gasteiger partial charge in [-0.2, -0.15) is 0 Å². The summed E-state index contributed by atoms with van der Waals surface area (Å²) in [5.74, 6) is 0. The molecule has 0 saturated carbocycles. The Morgan fingerprint density at radius 3 is 2.53 bits per heavy atom. The van der Waals surface area contributed by atoms with Gasteiger partial charge in [0.1, 0.15) is 0 Å². The van der Waals surface area contributed by atoms with Gasteiger partial charge in [-0.15, -0.1) is 5.73 Å². The SMILES string of the molecule is C=C=C(c1ccccc1)C(O)CCCO. The molecule has 0 amide bonds. The average Bonchev–Trinajstić information content (AvgIpc) is 2.29. The van der Waals surface area contributed by atoms with E-state index in [0.717, 1.165) is 5.56 Å². The molecule has 0 aromatic heterocycles. The first-order valence-corrected chi connectivity index (χ1v) is 5.04. The van der Waals surface area contributed by atoms with E-state index in [9.17, 15) is 5.11 Å². The van der Waals surface area contributed by atoms with Crippen LogP contribution < -0.4 is 0 Å². The van der Waals surface area contributed by atoms with Crippen molar-refractivity contribution in [3.63, 3.8) is 0 Å². The van der Waals surface area contributed by atoms with Gasteiger partial charge in [-0.1, -0.05) is 36.9 Å². The number of aliphatic hydroxyl groups excluding tert-OH is 2. The van der Waals surface area contributed by atoms with Crippen molar-refractivity contribution in [3.8, 4) is 0 Å². The lowest BCUT2D eigenvalue weighted by Crippen LogP contribution is -2.09. The van der Waals surface area contributed by atoms with Gasteiger partial charge in [0.2, 0.25) is 0 Å². The first-order valence-electron chi connectivity index (χ1n) is 5.04. The Kier molecular flexibility index (Phi) is 4.85. The smallest absolute Gasteiger partial charge is 0.0868 e. The summed E-state index contributed by atoms with van der Waals surface area (Å²) < 4.78 is 0. The van der Waals surface area contributed by atoms with Crippen molar-refractivity contribution in [2.24, 2.45) is 0 Å². The number of rotatable bonds is 5. The van der Waals surface area contributed by atoms with E-state index in [-0.39, 0.29) is 6.61 Å². The Bertz CT molecular complexity index is 337. The van der Waals surface area contributed by atoms with Crippen molar-refractivity contribution in [1.29, 1.82) is 0 Å². The van der Waals surface area contributed by atoms with Crippen LogP contribution in [0.4, 0.5) is 0 Å². The van der Waals surface area contributed by atoms with Gasteiger partial charge in [-0.25, -0.2) is 0 Å². The van der Waals surface area contributed by atoms with E-state index in [1.807, 2.05) is 30.3 Å². The normalized spacial score (nSPS) is 11.9. The lowest BCUT2D eigenvalue weighted by Gasteiger charge is -2.12. The molecule has 0 aliphatic rings. The molecule has 1 aromatic carbocycles. The third-order valence-electron chi connectivity index (χ3n) is 2.24. The molecule has 0 heterocycles. The molecule has 1 aromatic rings. The Balaban J connectivity index is 2.77. The summed E-state index contributed by atoms with van der Waals surface area (Å²) in [6.07, 6.45) is 0.514. The first kappa shape index (κ1) is 11.7. The van der Waals surface area contributed by atoms with Gasteiger partial charge in [0.05, 0.1) is 6.10 Å². The second kappa shape index (κ2) is 6.20. The Hall–Kier alpha value is -1.34. The highest BCUT2D eigenvalue weighted by Gasteiger charge is 2.11. The molecule has 0 spiro atoms. The van der Waals surface area contributed by atoms with Crippen LogP contribution in [0.3, 0.4) is 0 Å². The van der Waals surface area contributed by atoms with Crippen LogP contribution in [0.5, 0.6) is 0 Å². The predicted octanol–water partition coefficient (Wildman–Crippen LogP) is 1.99. The zero-order valence-electron chi connectivity index (χ0n) is 8.69. The third kappa shape index (κ3) is 3.37. The molecule has 1 rings (SSSR count). The average molecular weight is 204 g/mol. The second-order valence-electron chi connectivity index (χ2n) is 3.34. The van der Waals surface area contributed by atoms with Gasteiger partial charge in [-0.05, 0) is 18.4 Å². The summed E-state index contributed by atoms with van der Waals surface area (Å²) >= 11 is 0. The monoisotopic (exact) mass is 204 g/mol. The molecule has 1 atom stereocenters. The minimum atomic E-state index is -0.600. The van der Waals surface area contributed by atoms with Crippen LogP contribution in [0.2, 0.25) is 0 Å². The van der Waals surface area contributed by atoms with E-state index in [2.05, 4.69) is 12.3 Å². The summed E-state index contributed by atoms with van der Waals surface area (Å²) in [5.41, 5.74) is 4.39. The Labute approximate surface area is 90.2 Å². The standard InChI is InChI=1S/C13H16O2/c1-2-12(13(15)9-6-10-14)11-7-4-3-5-8-11/h3-5,7-8,13-15H,1,6,9-10H2. The molecule has 0 aliphatic heterocycles. The van der Waals surface area contributed by atoms with Crippen molar-refractivity contribution in [2.75, 3.05) is 6.61 Å². The summed E-state index contributed by atoms with van der Waals surface area (Å²) in [7, 11) is 0. The van der Waals surface area contributed by atoms with Gasteiger partial charge >= 0.3 is 0 Å². The van der Waals surface area contributed by atoms with Crippen LogP contribution in [0.25, 0.3) is 5.57 Å². The van der Waals surface area contributed by atoms with Crippen molar-refractivity contribution < 1.29 is 10.2 Å². The van der Waals surface area contributed by atoms with Crippen molar-refractivity contribution in [2.45, 2.75) is 18.9 Å². The molecular formula is C13H16O2. The zero-order chi connectivity index (χ0) is 11.1. The predicted molar refractivity (Wildman–Crippen MR) is 61.3 cm³/mol. The van der Waals surface area contributed by atoms with Crippen LogP contribution in [0.15, 0.2) is 42.6 Å². The van der Waals surface area contributed by atoms with E-state index in [1.165, 1.54) is 0 Å². The summed E-state index contributed by atoms with van der Waals surface area (Å²) in [4.78, 5) is 0. The number of benzene rings is 1. The van der Waals surface area contributed by atoms with Crippen LogP contribution in [-0.4, -0.2) is 22.9 Å². The molecule has 80 valence electrons. The fourth-order valence-corrected chi connectivity index (χ4v) is 1.46. The molecule has 2 heteroatoms. The van der Waals surface area contributed by atoms with Crippen LogP contribution >= 0.6 is 0 Å². The van der Waals surface area contributed by atoms with Gasteiger partial charge in [0, 0.05) is 12.2 Å².